The topological polar surface area (TPSA) is 72.7 Å². The number of nitrogens with one attached hydrogen (secondary N) is 1. The number of carbonyl (C=O) groups excluding carboxylic acids is 1. The Bertz CT molecular complexity index is 709. The number of hydrogen-bond donors (Lipinski definition) is 1. The molecule has 0 aliphatic carbocycles. The van der Waals surface area contributed by atoms with Gasteiger partial charge in [-0.3, -0.25) is 9.78 Å². The lowest BCUT2D eigenvalue weighted by Crippen LogP contribution is -2.15. The molecule has 0 radical (unpaired) electrons. The van der Waals surface area contributed by atoms with Gasteiger partial charge < -0.3 is 5.32 Å². The summed E-state index contributed by atoms with van der Waals surface area (Å²) >= 11 is 0. The molecule has 98 valence electrons. The number of hydrogen-bond acceptors (Lipinski definition) is 4. The second kappa shape index (κ2) is 5.31. The summed E-state index contributed by atoms with van der Waals surface area (Å²) in [5.74, 6) is -0.308. The van der Waals surface area contributed by atoms with Gasteiger partial charge in [-0.05, 0) is 18.2 Å². The standard InChI is InChI=1S/C14H11N5O/c20-14(12-10-15-7-8-16-12)18-11-4-1-2-5-13(11)19-9-3-6-17-19/h1-10H,(H,18,20). The van der Waals surface area contributed by atoms with E-state index in [0.29, 0.717) is 5.69 Å². The van der Waals surface area contributed by atoms with Crippen molar-refractivity contribution in [3.8, 4) is 5.69 Å². The zero-order valence-electron chi connectivity index (χ0n) is 10.5. The Morgan fingerprint density at radius 3 is 2.75 bits per heavy atom. The van der Waals surface area contributed by atoms with Gasteiger partial charge in [-0.1, -0.05) is 12.1 Å². The second-order valence-electron chi connectivity index (χ2n) is 4.01. The first-order valence-corrected chi connectivity index (χ1v) is 6.01. The molecule has 6 heteroatoms. The molecule has 0 bridgehead atoms. The Morgan fingerprint density at radius 2 is 2.00 bits per heavy atom. The van der Waals surface area contributed by atoms with E-state index in [9.17, 15) is 4.79 Å². The summed E-state index contributed by atoms with van der Waals surface area (Å²) in [6.45, 7) is 0. The Labute approximate surface area is 115 Å². The van der Waals surface area contributed by atoms with E-state index in [1.807, 2.05) is 36.5 Å². The van der Waals surface area contributed by atoms with Crippen LogP contribution in [0.4, 0.5) is 5.69 Å². The molecule has 0 saturated carbocycles. The van der Waals surface area contributed by atoms with Crippen molar-refractivity contribution in [2.45, 2.75) is 0 Å². The van der Waals surface area contributed by atoms with Crippen molar-refractivity contribution in [2.75, 3.05) is 5.32 Å². The highest BCUT2D eigenvalue weighted by molar-refractivity contribution is 6.03. The lowest BCUT2D eigenvalue weighted by Gasteiger charge is -2.10. The molecule has 1 aromatic carbocycles. The van der Waals surface area contributed by atoms with Crippen molar-refractivity contribution in [2.24, 2.45) is 0 Å². The monoisotopic (exact) mass is 265 g/mol. The zero-order valence-corrected chi connectivity index (χ0v) is 10.5. The third kappa shape index (κ3) is 2.39. The van der Waals surface area contributed by atoms with Crippen LogP contribution in [0.25, 0.3) is 5.69 Å². The summed E-state index contributed by atoms with van der Waals surface area (Å²) in [4.78, 5) is 19.9. The number of anilines is 1. The molecule has 0 fully saturated rings. The van der Waals surface area contributed by atoms with Crippen LogP contribution in [0.3, 0.4) is 0 Å². The molecule has 0 aliphatic rings. The van der Waals surface area contributed by atoms with E-state index in [1.165, 1.54) is 18.6 Å². The molecule has 1 N–H and O–H groups in total. The molecule has 3 rings (SSSR count). The highest BCUT2D eigenvalue weighted by Crippen LogP contribution is 2.19. The smallest absolute Gasteiger partial charge is 0.275 e. The number of benzene rings is 1. The van der Waals surface area contributed by atoms with E-state index >= 15 is 0 Å². The summed E-state index contributed by atoms with van der Waals surface area (Å²) in [7, 11) is 0. The van der Waals surface area contributed by atoms with Crippen molar-refractivity contribution in [1.29, 1.82) is 0 Å². The summed E-state index contributed by atoms with van der Waals surface area (Å²) in [5, 5.41) is 6.98. The molecule has 0 saturated heterocycles. The van der Waals surface area contributed by atoms with Crippen LogP contribution in [0, 0.1) is 0 Å². The number of rotatable bonds is 3. The maximum Gasteiger partial charge on any atom is 0.275 e. The zero-order chi connectivity index (χ0) is 13.8. The van der Waals surface area contributed by atoms with E-state index in [-0.39, 0.29) is 11.6 Å². The highest BCUT2D eigenvalue weighted by atomic mass is 16.1. The molecular formula is C14H11N5O. The van der Waals surface area contributed by atoms with Crippen LogP contribution in [-0.4, -0.2) is 25.7 Å². The molecule has 0 atom stereocenters. The summed E-state index contributed by atoms with van der Waals surface area (Å²) in [6, 6.07) is 9.24. The SMILES string of the molecule is O=C(Nc1ccccc1-n1cccn1)c1cnccn1. The number of aromatic nitrogens is 4. The van der Waals surface area contributed by atoms with E-state index in [0.717, 1.165) is 5.69 Å². The Morgan fingerprint density at radius 1 is 1.10 bits per heavy atom. The maximum absolute atomic E-state index is 12.1. The number of nitrogens with zero attached hydrogens (tertiary/aromatic N) is 4. The lowest BCUT2D eigenvalue weighted by atomic mass is 10.2. The van der Waals surface area contributed by atoms with Gasteiger partial charge in [-0.25, -0.2) is 9.67 Å². The Balaban J connectivity index is 1.90. The van der Waals surface area contributed by atoms with Crippen LogP contribution in [0.15, 0.2) is 61.3 Å². The van der Waals surface area contributed by atoms with Gasteiger partial charge >= 0.3 is 0 Å². The van der Waals surface area contributed by atoms with Crippen molar-refractivity contribution < 1.29 is 4.79 Å². The quantitative estimate of drug-likeness (QED) is 0.785. The molecule has 20 heavy (non-hydrogen) atoms. The predicted octanol–water partition coefficient (Wildman–Crippen LogP) is 1.91. The van der Waals surface area contributed by atoms with Gasteiger partial charge in [0.1, 0.15) is 5.69 Å². The van der Waals surface area contributed by atoms with Crippen LogP contribution in [0.2, 0.25) is 0 Å². The molecular weight excluding hydrogens is 254 g/mol. The van der Waals surface area contributed by atoms with E-state index in [1.54, 1.807) is 10.9 Å². The first-order valence-electron chi connectivity index (χ1n) is 6.01. The van der Waals surface area contributed by atoms with Crippen LogP contribution >= 0.6 is 0 Å². The van der Waals surface area contributed by atoms with Gasteiger partial charge in [-0.15, -0.1) is 0 Å². The normalized spacial score (nSPS) is 10.2. The van der Waals surface area contributed by atoms with E-state index in [2.05, 4.69) is 20.4 Å². The fourth-order valence-corrected chi connectivity index (χ4v) is 1.79. The number of para-hydroxylation sites is 2. The van der Waals surface area contributed by atoms with Crippen LogP contribution < -0.4 is 5.32 Å². The lowest BCUT2D eigenvalue weighted by molar-refractivity contribution is 0.102. The van der Waals surface area contributed by atoms with Crippen molar-refractivity contribution in [1.82, 2.24) is 19.7 Å². The van der Waals surface area contributed by atoms with E-state index in [4.69, 9.17) is 0 Å². The highest BCUT2D eigenvalue weighted by Gasteiger charge is 2.11. The largest absolute Gasteiger partial charge is 0.319 e. The molecule has 6 nitrogen and oxygen atoms in total. The molecule has 3 aromatic rings. The average molecular weight is 265 g/mol. The van der Waals surface area contributed by atoms with Crippen LogP contribution in [0.1, 0.15) is 10.5 Å². The Kier molecular flexibility index (Phi) is 3.20. The van der Waals surface area contributed by atoms with Gasteiger partial charge in [-0.2, -0.15) is 5.10 Å². The Hall–Kier alpha value is -3.02. The fourth-order valence-electron chi connectivity index (χ4n) is 1.79. The van der Waals surface area contributed by atoms with Crippen LogP contribution in [0.5, 0.6) is 0 Å². The minimum Gasteiger partial charge on any atom is -0.319 e. The van der Waals surface area contributed by atoms with Gasteiger partial charge in [0.05, 0.1) is 17.6 Å². The third-order valence-corrected chi connectivity index (χ3v) is 2.70. The van der Waals surface area contributed by atoms with E-state index < -0.39 is 0 Å². The second-order valence-corrected chi connectivity index (χ2v) is 4.01. The maximum atomic E-state index is 12.1. The first-order chi connectivity index (χ1) is 9.84. The average Bonchev–Trinajstić information content (AvgIpc) is 3.03. The number of amides is 1. The minimum absolute atomic E-state index is 0.266. The van der Waals surface area contributed by atoms with Gasteiger partial charge in [0.15, 0.2) is 0 Å². The van der Waals surface area contributed by atoms with Crippen molar-refractivity contribution in [3.05, 3.63) is 67.0 Å². The summed E-state index contributed by atoms with van der Waals surface area (Å²) in [5.41, 5.74) is 1.71. The van der Waals surface area contributed by atoms with Crippen LogP contribution in [-0.2, 0) is 0 Å². The predicted molar refractivity (Wildman–Crippen MR) is 73.5 cm³/mol. The number of carbonyl (C=O) groups is 1. The summed E-state index contributed by atoms with van der Waals surface area (Å²) in [6.07, 6.45) is 7.92. The first kappa shape index (κ1) is 12.0. The molecule has 2 heterocycles. The molecule has 1 amide bonds. The van der Waals surface area contributed by atoms with Crippen molar-refractivity contribution >= 4 is 11.6 Å². The molecule has 0 aliphatic heterocycles. The summed E-state index contributed by atoms with van der Waals surface area (Å²) < 4.78 is 1.69. The third-order valence-electron chi connectivity index (χ3n) is 2.70. The van der Waals surface area contributed by atoms with Gasteiger partial charge in [0.2, 0.25) is 0 Å². The molecule has 0 spiro atoms. The van der Waals surface area contributed by atoms with Crippen molar-refractivity contribution in [3.63, 3.8) is 0 Å². The van der Waals surface area contributed by atoms with Gasteiger partial charge in [0.25, 0.3) is 5.91 Å². The fraction of sp³-hybridized carbons (Fsp3) is 0. The van der Waals surface area contributed by atoms with Gasteiger partial charge in [0, 0.05) is 24.8 Å². The minimum atomic E-state index is -0.308. The molecule has 2 aromatic heterocycles. The molecule has 0 unspecified atom stereocenters.